The molecule has 0 saturated heterocycles. The maximum atomic E-state index is 12.3. The van der Waals surface area contributed by atoms with Gasteiger partial charge in [0.15, 0.2) is 0 Å². The van der Waals surface area contributed by atoms with Crippen LogP contribution in [0.15, 0.2) is 59.7 Å². The Balaban J connectivity index is 1.86. The molecule has 0 atom stereocenters. The number of benzene rings is 1. The number of carbonyl (C=O) groups is 1. The number of nitrogens with zero attached hydrogens (tertiary/aromatic N) is 3. The molecule has 116 valence electrons. The average molecular weight is 308 g/mol. The van der Waals surface area contributed by atoms with E-state index < -0.39 is 0 Å². The lowest BCUT2D eigenvalue weighted by Gasteiger charge is -2.07. The number of aryl methyl sites for hydroxylation is 1. The zero-order valence-electron chi connectivity index (χ0n) is 12.9. The van der Waals surface area contributed by atoms with Crippen LogP contribution in [-0.4, -0.2) is 20.3 Å². The van der Waals surface area contributed by atoms with Gasteiger partial charge < -0.3 is 9.88 Å². The summed E-state index contributed by atoms with van der Waals surface area (Å²) in [5.41, 5.74) is 2.43. The Hall–Kier alpha value is -3.15. The SMILES string of the molecule is Cc1c(NC(=O)c2ccn(C)c(=O)c2)cnn1-c1ccccc1. The number of aromatic nitrogens is 3. The fourth-order valence-electron chi connectivity index (χ4n) is 2.25. The lowest BCUT2D eigenvalue weighted by Crippen LogP contribution is -2.20. The van der Waals surface area contributed by atoms with E-state index in [1.165, 1.54) is 10.6 Å². The van der Waals surface area contributed by atoms with Gasteiger partial charge in [-0.05, 0) is 25.1 Å². The van der Waals surface area contributed by atoms with Crippen LogP contribution in [0.3, 0.4) is 0 Å². The Morgan fingerprint density at radius 3 is 2.61 bits per heavy atom. The van der Waals surface area contributed by atoms with Crippen LogP contribution in [0.25, 0.3) is 5.69 Å². The van der Waals surface area contributed by atoms with Gasteiger partial charge in [-0.1, -0.05) is 18.2 Å². The Kier molecular flexibility index (Phi) is 3.80. The number of anilines is 1. The summed E-state index contributed by atoms with van der Waals surface area (Å²) in [7, 11) is 1.64. The van der Waals surface area contributed by atoms with Gasteiger partial charge in [0.05, 0.1) is 23.3 Å². The molecule has 0 aliphatic heterocycles. The van der Waals surface area contributed by atoms with Crippen LogP contribution in [0.5, 0.6) is 0 Å². The molecule has 23 heavy (non-hydrogen) atoms. The summed E-state index contributed by atoms with van der Waals surface area (Å²) < 4.78 is 3.16. The Morgan fingerprint density at radius 2 is 1.91 bits per heavy atom. The van der Waals surface area contributed by atoms with Crippen molar-refractivity contribution in [1.82, 2.24) is 14.3 Å². The predicted molar refractivity (Wildman–Crippen MR) is 87.9 cm³/mol. The Morgan fingerprint density at radius 1 is 1.17 bits per heavy atom. The topological polar surface area (TPSA) is 68.9 Å². The third kappa shape index (κ3) is 2.91. The van der Waals surface area contributed by atoms with Crippen molar-refractivity contribution in [3.05, 3.63) is 76.5 Å². The van der Waals surface area contributed by atoms with Crippen LogP contribution in [0.1, 0.15) is 16.1 Å². The van der Waals surface area contributed by atoms with Crippen molar-refractivity contribution in [2.24, 2.45) is 7.05 Å². The quantitative estimate of drug-likeness (QED) is 0.806. The van der Waals surface area contributed by atoms with Gasteiger partial charge >= 0.3 is 0 Å². The molecular weight excluding hydrogens is 292 g/mol. The molecule has 0 radical (unpaired) electrons. The lowest BCUT2D eigenvalue weighted by atomic mass is 10.2. The van der Waals surface area contributed by atoms with Crippen molar-refractivity contribution < 1.29 is 4.79 Å². The Bertz CT molecular complexity index is 910. The summed E-state index contributed by atoms with van der Waals surface area (Å²) in [4.78, 5) is 23.9. The van der Waals surface area contributed by atoms with Crippen molar-refractivity contribution in [3.8, 4) is 5.69 Å². The number of amides is 1. The summed E-state index contributed by atoms with van der Waals surface area (Å²) >= 11 is 0. The molecule has 1 N–H and O–H groups in total. The van der Waals surface area contributed by atoms with Crippen LogP contribution < -0.4 is 10.9 Å². The van der Waals surface area contributed by atoms with Crippen LogP contribution >= 0.6 is 0 Å². The van der Waals surface area contributed by atoms with E-state index in [2.05, 4.69) is 10.4 Å². The zero-order chi connectivity index (χ0) is 16.4. The van der Waals surface area contributed by atoms with E-state index in [1.807, 2.05) is 37.3 Å². The smallest absolute Gasteiger partial charge is 0.256 e. The van der Waals surface area contributed by atoms with E-state index in [0.29, 0.717) is 11.3 Å². The third-order valence-electron chi connectivity index (χ3n) is 3.63. The van der Waals surface area contributed by atoms with Gasteiger partial charge in [-0.25, -0.2) is 4.68 Å². The fourth-order valence-corrected chi connectivity index (χ4v) is 2.25. The molecule has 3 rings (SSSR count). The van der Waals surface area contributed by atoms with Gasteiger partial charge in [-0.3, -0.25) is 9.59 Å². The van der Waals surface area contributed by atoms with Gasteiger partial charge in [0.1, 0.15) is 0 Å². The second-order valence-corrected chi connectivity index (χ2v) is 5.21. The molecule has 3 aromatic rings. The van der Waals surface area contributed by atoms with E-state index >= 15 is 0 Å². The van der Waals surface area contributed by atoms with Crippen LogP contribution in [-0.2, 0) is 7.05 Å². The normalized spacial score (nSPS) is 10.5. The van der Waals surface area contributed by atoms with Gasteiger partial charge in [0.2, 0.25) is 0 Å². The molecule has 2 aromatic heterocycles. The van der Waals surface area contributed by atoms with E-state index in [0.717, 1.165) is 11.4 Å². The molecule has 0 saturated carbocycles. The van der Waals surface area contributed by atoms with E-state index in [9.17, 15) is 9.59 Å². The maximum absolute atomic E-state index is 12.3. The van der Waals surface area contributed by atoms with Gasteiger partial charge in [-0.15, -0.1) is 0 Å². The van der Waals surface area contributed by atoms with Gasteiger partial charge in [-0.2, -0.15) is 5.10 Å². The van der Waals surface area contributed by atoms with Crippen LogP contribution in [0, 0.1) is 6.92 Å². The minimum atomic E-state index is -0.335. The Labute approximate surface area is 133 Å². The highest BCUT2D eigenvalue weighted by atomic mass is 16.2. The van der Waals surface area contributed by atoms with Crippen molar-refractivity contribution in [2.45, 2.75) is 6.92 Å². The summed E-state index contributed by atoms with van der Waals surface area (Å²) in [6, 6.07) is 12.6. The zero-order valence-corrected chi connectivity index (χ0v) is 12.9. The second kappa shape index (κ2) is 5.92. The summed E-state index contributed by atoms with van der Waals surface area (Å²) in [6.07, 6.45) is 3.17. The summed E-state index contributed by atoms with van der Waals surface area (Å²) in [6.45, 7) is 1.87. The van der Waals surface area contributed by atoms with Crippen molar-refractivity contribution in [3.63, 3.8) is 0 Å². The number of para-hydroxylation sites is 1. The second-order valence-electron chi connectivity index (χ2n) is 5.21. The monoisotopic (exact) mass is 308 g/mol. The highest BCUT2D eigenvalue weighted by molar-refractivity contribution is 6.04. The highest BCUT2D eigenvalue weighted by Crippen LogP contribution is 2.18. The summed E-state index contributed by atoms with van der Waals surface area (Å²) in [5.74, 6) is -0.335. The highest BCUT2D eigenvalue weighted by Gasteiger charge is 2.12. The molecule has 0 aliphatic carbocycles. The van der Waals surface area contributed by atoms with E-state index in [4.69, 9.17) is 0 Å². The molecule has 0 spiro atoms. The molecule has 6 heteroatoms. The predicted octanol–water partition coefficient (Wildman–Crippen LogP) is 2.13. The van der Waals surface area contributed by atoms with E-state index in [-0.39, 0.29) is 11.5 Å². The first-order chi connectivity index (χ1) is 11.1. The molecule has 1 aromatic carbocycles. The number of hydrogen-bond donors (Lipinski definition) is 1. The molecule has 0 aliphatic rings. The molecule has 0 unspecified atom stereocenters. The van der Waals surface area contributed by atoms with Crippen molar-refractivity contribution >= 4 is 11.6 Å². The molecule has 0 bridgehead atoms. The number of pyridine rings is 1. The molecular formula is C17H16N4O2. The standard InChI is InChI=1S/C17H16N4O2/c1-12-15(11-18-21(12)14-6-4-3-5-7-14)19-17(23)13-8-9-20(2)16(22)10-13/h3-11H,1-2H3,(H,19,23). The molecule has 0 fully saturated rings. The number of hydrogen-bond acceptors (Lipinski definition) is 3. The van der Waals surface area contributed by atoms with Gasteiger partial charge in [0, 0.05) is 24.9 Å². The lowest BCUT2D eigenvalue weighted by molar-refractivity contribution is 0.102. The van der Waals surface area contributed by atoms with Crippen molar-refractivity contribution in [1.29, 1.82) is 0 Å². The van der Waals surface area contributed by atoms with E-state index in [1.54, 1.807) is 30.2 Å². The first-order valence-corrected chi connectivity index (χ1v) is 7.14. The number of rotatable bonds is 3. The number of carbonyl (C=O) groups excluding carboxylic acids is 1. The first kappa shape index (κ1) is 14.8. The van der Waals surface area contributed by atoms with Crippen molar-refractivity contribution in [2.75, 3.05) is 5.32 Å². The minimum Gasteiger partial charge on any atom is -0.319 e. The van der Waals surface area contributed by atoms with Gasteiger partial charge in [0.25, 0.3) is 11.5 Å². The van der Waals surface area contributed by atoms with Crippen LogP contribution in [0.2, 0.25) is 0 Å². The first-order valence-electron chi connectivity index (χ1n) is 7.14. The summed E-state index contributed by atoms with van der Waals surface area (Å²) in [5, 5.41) is 7.09. The molecule has 6 nitrogen and oxygen atoms in total. The number of nitrogens with one attached hydrogen (secondary N) is 1. The third-order valence-corrected chi connectivity index (χ3v) is 3.63. The maximum Gasteiger partial charge on any atom is 0.256 e. The largest absolute Gasteiger partial charge is 0.319 e. The van der Waals surface area contributed by atoms with Crippen LogP contribution in [0.4, 0.5) is 5.69 Å². The minimum absolute atomic E-state index is 0.227. The average Bonchev–Trinajstić information content (AvgIpc) is 2.92. The fraction of sp³-hybridized carbons (Fsp3) is 0.118. The molecule has 1 amide bonds. The molecule has 2 heterocycles.